The average Bonchev–Trinajstić information content (AvgIpc) is 3.03. The number of fused-ring (bicyclic) bond motifs is 1. The Balaban J connectivity index is 1.52. The molecule has 166 valence electrons. The lowest BCUT2D eigenvalue weighted by molar-refractivity contribution is -0.147. The van der Waals surface area contributed by atoms with E-state index in [-0.39, 0.29) is 35.5 Å². The lowest BCUT2D eigenvalue weighted by Gasteiger charge is -2.27. The molecule has 4 rings (SSSR count). The van der Waals surface area contributed by atoms with Gasteiger partial charge in [0.05, 0.1) is 11.8 Å². The van der Waals surface area contributed by atoms with Crippen LogP contribution in [0.1, 0.15) is 33.1 Å². The van der Waals surface area contributed by atoms with E-state index in [2.05, 4.69) is 15.3 Å². The summed E-state index contributed by atoms with van der Waals surface area (Å²) in [7, 11) is 0. The molecule has 1 aliphatic heterocycles. The Morgan fingerprint density at radius 2 is 1.75 bits per heavy atom. The molecule has 3 unspecified atom stereocenters. The van der Waals surface area contributed by atoms with Crippen LogP contribution in [0.5, 0.6) is 0 Å². The van der Waals surface area contributed by atoms with Crippen molar-refractivity contribution in [1.29, 1.82) is 0 Å². The van der Waals surface area contributed by atoms with E-state index in [1.807, 2.05) is 44.2 Å². The van der Waals surface area contributed by atoms with Gasteiger partial charge in [0.15, 0.2) is 0 Å². The number of imide groups is 1. The Labute approximate surface area is 191 Å². The first-order chi connectivity index (χ1) is 15.4. The number of carbonyl (C=O) groups excluding carboxylic acids is 3. The molecule has 2 aromatic heterocycles. The number of amides is 3. The van der Waals surface area contributed by atoms with E-state index in [0.29, 0.717) is 30.0 Å². The van der Waals surface area contributed by atoms with Gasteiger partial charge in [-0.1, -0.05) is 43.8 Å². The van der Waals surface area contributed by atoms with Gasteiger partial charge >= 0.3 is 0 Å². The Morgan fingerprint density at radius 3 is 2.38 bits per heavy atom. The molecule has 32 heavy (non-hydrogen) atoms. The van der Waals surface area contributed by atoms with Crippen LogP contribution >= 0.6 is 11.8 Å². The first-order valence-corrected chi connectivity index (χ1v) is 11.6. The van der Waals surface area contributed by atoms with E-state index in [1.54, 1.807) is 24.5 Å². The van der Waals surface area contributed by atoms with Gasteiger partial charge in [-0.05, 0) is 49.4 Å². The third-order valence-corrected chi connectivity index (χ3v) is 6.58. The fourth-order valence-electron chi connectivity index (χ4n) is 4.19. The number of nitrogens with zero attached hydrogens (tertiary/aromatic N) is 3. The molecule has 3 amide bonds. The molecule has 3 heterocycles. The molecule has 7 nitrogen and oxygen atoms in total. The Kier molecular flexibility index (Phi) is 6.69. The molecular weight excluding hydrogens is 424 g/mol. The molecule has 2 aromatic rings. The van der Waals surface area contributed by atoms with Gasteiger partial charge in [0.1, 0.15) is 16.1 Å². The van der Waals surface area contributed by atoms with E-state index in [1.165, 1.54) is 16.7 Å². The Bertz CT molecular complexity index is 1010. The van der Waals surface area contributed by atoms with Crippen LogP contribution in [0.15, 0.2) is 64.9 Å². The van der Waals surface area contributed by atoms with Crippen LogP contribution in [0.4, 0.5) is 5.69 Å². The molecule has 8 heteroatoms. The minimum Gasteiger partial charge on any atom is -0.324 e. The van der Waals surface area contributed by atoms with Crippen molar-refractivity contribution in [3.05, 3.63) is 54.9 Å². The predicted octanol–water partition coefficient (Wildman–Crippen LogP) is 3.93. The number of pyridine rings is 2. The number of hydrogen-bond donors (Lipinski definition) is 1. The summed E-state index contributed by atoms with van der Waals surface area (Å²) in [5.74, 6) is -1.38. The number of allylic oxidation sites excluding steroid dienone is 2. The zero-order valence-corrected chi connectivity index (χ0v) is 18.9. The second-order valence-corrected chi connectivity index (χ2v) is 9.53. The highest BCUT2D eigenvalue weighted by Crippen LogP contribution is 2.37. The van der Waals surface area contributed by atoms with Crippen molar-refractivity contribution in [3.8, 4) is 0 Å². The maximum absolute atomic E-state index is 13.3. The molecule has 0 saturated carbocycles. The van der Waals surface area contributed by atoms with Gasteiger partial charge in [0.2, 0.25) is 17.7 Å². The molecule has 3 atom stereocenters. The summed E-state index contributed by atoms with van der Waals surface area (Å²) in [6, 6.07) is 8.26. The second-order valence-electron chi connectivity index (χ2n) is 8.49. The standard InChI is InChI=1S/C24H26N4O3S/c1-15(2)13-19(28-23(30)17-7-3-4-8-18(17)24(28)31)22(29)27-16-10-12-26-21(14-16)32-20-9-5-6-11-25-20/h3-6,9-12,14-15,17-19H,7-8,13H2,1-2H3,(H,26,27,29). The molecule has 1 N–H and O–H groups in total. The SMILES string of the molecule is CC(C)CC(C(=O)Nc1ccnc(Sc2ccccn2)c1)N1C(=O)C2CC=CCC2C1=O. The Morgan fingerprint density at radius 1 is 1.06 bits per heavy atom. The van der Waals surface area contributed by atoms with E-state index in [9.17, 15) is 14.4 Å². The summed E-state index contributed by atoms with van der Waals surface area (Å²) >= 11 is 1.39. The van der Waals surface area contributed by atoms with E-state index >= 15 is 0 Å². The predicted molar refractivity (Wildman–Crippen MR) is 122 cm³/mol. The first kappa shape index (κ1) is 22.2. The fraction of sp³-hybridized carbons (Fsp3) is 0.375. The van der Waals surface area contributed by atoms with Gasteiger partial charge in [-0.3, -0.25) is 19.3 Å². The molecule has 2 aliphatic rings. The summed E-state index contributed by atoms with van der Waals surface area (Å²) < 4.78 is 0. The van der Waals surface area contributed by atoms with Gasteiger partial charge in [-0.2, -0.15) is 0 Å². The van der Waals surface area contributed by atoms with Crippen LogP contribution in [0.3, 0.4) is 0 Å². The minimum atomic E-state index is -0.833. The highest BCUT2D eigenvalue weighted by Gasteiger charge is 2.51. The van der Waals surface area contributed by atoms with Crippen LogP contribution < -0.4 is 5.32 Å². The molecule has 0 aromatic carbocycles. The summed E-state index contributed by atoms with van der Waals surface area (Å²) in [5.41, 5.74) is 0.565. The van der Waals surface area contributed by atoms with Crippen molar-refractivity contribution in [2.45, 2.75) is 49.2 Å². The fourth-order valence-corrected chi connectivity index (χ4v) is 4.97. The maximum Gasteiger partial charge on any atom is 0.247 e. The van der Waals surface area contributed by atoms with Crippen molar-refractivity contribution in [3.63, 3.8) is 0 Å². The second kappa shape index (κ2) is 9.65. The van der Waals surface area contributed by atoms with Crippen molar-refractivity contribution in [2.75, 3.05) is 5.32 Å². The van der Waals surface area contributed by atoms with E-state index < -0.39 is 6.04 Å². The monoisotopic (exact) mass is 450 g/mol. The van der Waals surface area contributed by atoms with Crippen LogP contribution in [-0.2, 0) is 14.4 Å². The van der Waals surface area contributed by atoms with Crippen molar-refractivity contribution < 1.29 is 14.4 Å². The molecule has 1 saturated heterocycles. The zero-order valence-electron chi connectivity index (χ0n) is 18.1. The molecule has 0 spiro atoms. The van der Waals surface area contributed by atoms with Crippen molar-refractivity contribution in [2.24, 2.45) is 17.8 Å². The van der Waals surface area contributed by atoms with Crippen molar-refractivity contribution in [1.82, 2.24) is 14.9 Å². The van der Waals surface area contributed by atoms with Gasteiger partial charge < -0.3 is 5.32 Å². The van der Waals surface area contributed by atoms with Crippen molar-refractivity contribution >= 4 is 35.2 Å². The molecular formula is C24H26N4O3S. The minimum absolute atomic E-state index is 0.139. The van der Waals surface area contributed by atoms with E-state index in [4.69, 9.17) is 0 Å². The Hall–Kier alpha value is -3.00. The zero-order chi connectivity index (χ0) is 22.7. The summed E-state index contributed by atoms with van der Waals surface area (Å²) in [4.78, 5) is 49.2. The molecule has 1 aliphatic carbocycles. The number of anilines is 1. The highest BCUT2D eigenvalue weighted by molar-refractivity contribution is 7.99. The summed E-state index contributed by atoms with van der Waals surface area (Å²) in [5, 5.41) is 4.38. The topological polar surface area (TPSA) is 92.3 Å². The van der Waals surface area contributed by atoms with Gasteiger partial charge in [-0.25, -0.2) is 9.97 Å². The van der Waals surface area contributed by atoms with Gasteiger partial charge in [0.25, 0.3) is 0 Å². The number of rotatable bonds is 7. The lowest BCUT2D eigenvalue weighted by atomic mass is 9.85. The third-order valence-electron chi connectivity index (χ3n) is 5.70. The normalized spacial score (nSPS) is 21.0. The number of nitrogens with one attached hydrogen (secondary N) is 1. The van der Waals surface area contributed by atoms with Crippen LogP contribution in [0.25, 0.3) is 0 Å². The molecule has 0 bridgehead atoms. The smallest absolute Gasteiger partial charge is 0.247 e. The number of aromatic nitrogens is 2. The number of likely N-dealkylation sites (tertiary alicyclic amines) is 1. The quantitative estimate of drug-likeness (QED) is 0.508. The van der Waals surface area contributed by atoms with Crippen LogP contribution in [-0.4, -0.2) is 38.6 Å². The van der Waals surface area contributed by atoms with E-state index in [0.717, 1.165) is 5.03 Å². The largest absolute Gasteiger partial charge is 0.324 e. The summed E-state index contributed by atoms with van der Waals surface area (Å²) in [6.45, 7) is 3.96. The number of carbonyl (C=O) groups is 3. The molecule has 1 fully saturated rings. The summed E-state index contributed by atoms with van der Waals surface area (Å²) in [6.07, 6.45) is 8.75. The average molecular weight is 451 g/mol. The number of hydrogen-bond acceptors (Lipinski definition) is 6. The first-order valence-electron chi connectivity index (χ1n) is 10.8. The molecule has 0 radical (unpaired) electrons. The van der Waals surface area contributed by atoms with Crippen LogP contribution in [0.2, 0.25) is 0 Å². The third kappa shape index (κ3) is 4.75. The highest BCUT2D eigenvalue weighted by atomic mass is 32.2. The van der Waals surface area contributed by atoms with Gasteiger partial charge in [-0.15, -0.1) is 0 Å². The van der Waals surface area contributed by atoms with Gasteiger partial charge in [0, 0.05) is 18.1 Å². The lowest BCUT2D eigenvalue weighted by Crippen LogP contribution is -2.48. The van der Waals surface area contributed by atoms with Crippen LogP contribution in [0, 0.1) is 17.8 Å². The maximum atomic E-state index is 13.3.